The van der Waals surface area contributed by atoms with Crippen LogP contribution in [0.3, 0.4) is 0 Å². The average molecular weight is 509 g/mol. The topological polar surface area (TPSA) is 76.0 Å². The number of hydrogen-bond acceptors (Lipinski definition) is 4. The van der Waals surface area contributed by atoms with Crippen molar-refractivity contribution in [1.29, 1.82) is 0 Å². The first-order valence-corrected chi connectivity index (χ1v) is 15.9. The van der Waals surface area contributed by atoms with Crippen LogP contribution in [0.4, 0.5) is 0 Å². The Balaban J connectivity index is 3.37. The van der Waals surface area contributed by atoms with E-state index in [9.17, 15) is 14.6 Å². The minimum atomic E-state index is -3.64. The van der Waals surface area contributed by atoms with Crippen molar-refractivity contribution in [3.8, 4) is 0 Å². The lowest BCUT2D eigenvalue weighted by molar-refractivity contribution is -0.870. The fourth-order valence-corrected chi connectivity index (χ4v) is 5.11. The van der Waals surface area contributed by atoms with E-state index in [4.69, 9.17) is 9.26 Å². The molecular weight excluding hydrogens is 449 g/mol. The molecule has 0 aromatic carbocycles. The molecule has 0 aliphatic carbocycles. The molecule has 0 aromatic rings. The number of aliphatic hydroxyl groups is 1. The molecule has 0 saturated carbocycles. The summed E-state index contributed by atoms with van der Waals surface area (Å²) in [4.78, 5) is 9.86. The molecule has 206 valence electrons. The summed E-state index contributed by atoms with van der Waals surface area (Å²) in [6.07, 6.45) is 21.3. The lowest BCUT2D eigenvalue weighted by Crippen LogP contribution is -2.35. The first-order valence-electron chi connectivity index (χ1n) is 14.2. The Morgan fingerprint density at radius 2 is 1.15 bits per heavy atom. The Morgan fingerprint density at radius 3 is 1.59 bits per heavy atom. The molecular formula is C27H59NO5P+. The molecule has 0 fully saturated rings. The van der Waals surface area contributed by atoms with Gasteiger partial charge in [0, 0.05) is 13.0 Å². The predicted octanol–water partition coefficient (Wildman–Crippen LogP) is 6.92. The number of quaternary nitrogens is 1. The van der Waals surface area contributed by atoms with Gasteiger partial charge in [0.25, 0.3) is 0 Å². The summed E-state index contributed by atoms with van der Waals surface area (Å²) in [6.45, 7) is 3.69. The average Bonchev–Trinajstić information content (AvgIpc) is 2.76. The van der Waals surface area contributed by atoms with Crippen molar-refractivity contribution in [2.75, 3.05) is 53.7 Å². The van der Waals surface area contributed by atoms with Crippen LogP contribution < -0.4 is 0 Å². The molecule has 34 heavy (non-hydrogen) atoms. The normalized spacial score (nSPS) is 14.9. The van der Waals surface area contributed by atoms with Gasteiger partial charge in [-0.3, -0.25) is 4.57 Å². The molecule has 1 unspecified atom stereocenters. The number of nitrogens with zero attached hydrogens (tertiary/aromatic N) is 1. The van der Waals surface area contributed by atoms with E-state index in [1.807, 2.05) is 21.1 Å². The predicted molar refractivity (Wildman–Crippen MR) is 145 cm³/mol. The van der Waals surface area contributed by atoms with Crippen LogP contribution >= 0.6 is 7.60 Å². The van der Waals surface area contributed by atoms with Crippen LogP contribution in [-0.2, 0) is 13.8 Å². The van der Waals surface area contributed by atoms with Gasteiger partial charge in [-0.2, -0.15) is 0 Å². The summed E-state index contributed by atoms with van der Waals surface area (Å²) in [5.41, 5.74) is 0. The second-order valence-corrected chi connectivity index (χ2v) is 13.0. The maximum atomic E-state index is 12.0. The summed E-state index contributed by atoms with van der Waals surface area (Å²) >= 11 is 0. The third-order valence-corrected chi connectivity index (χ3v) is 7.62. The van der Waals surface area contributed by atoms with Gasteiger partial charge in [0.2, 0.25) is 0 Å². The Kier molecular flexibility index (Phi) is 22.3. The van der Waals surface area contributed by atoms with Crippen LogP contribution in [0, 0.1) is 0 Å². The lowest BCUT2D eigenvalue weighted by Gasteiger charge is -2.24. The molecule has 0 spiro atoms. The van der Waals surface area contributed by atoms with E-state index in [0.29, 0.717) is 13.0 Å². The molecule has 0 saturated heterocycles. The molecule has 0 rings (SSSR count). The van der Waals surface area contributed by atoms with Gasteiger partial charge >= 0.3 is 7.60 Å². The monoisotopic (exact) mass is 508 g/mol. The molecule has 0 heterocycles. The number of aliphatic hydroxyl groups excluding tert-OH is 1. The summed E-state index contributed by atoms with van der Waals surface area (Å²) in [5.74, 6) is 0. The second kappa shape index (κ2) is 22.2. The molecule has 0 bridgehead atoms. The highest BCUT2D eigenvalue weighted by Gasteiger charge is 2.22. The van der Waals surface area contributed by atoms with Gasteiger partial charge in [0.1, 0.15) is 6.10 Å². The van der Waals surface area contributed by atoms with Crippen LogP contribution in [0.15, 0.2) is 0 Å². The highest BCUT2D eigenvalue weighted by Crippen LogP contribution is 2.42. The molecule has 2 N–H and O–H groups in total. The van der Waals surface area contributed by atoms with Crippen molar-refractivity contribution in [3.63, 3.8) is 0 Å². The SMILES string of the molecule is CCCCCCCCCCCCCCCCCCOC[C@H](O)COP(=O)(O)CCC[N+](C)(C)C. The first-order chi connectivity index (χ1) is 16.2. The lowest BCUT2D eigenvalue weighted by atomic mass is 10.0. The Morgan fingerprint density at radius 1 is 0.706 bits per heavy atom. The van der Waals surface area contributed by atoms with Crippen LogP contribution in [0.5, 0.6) is 0 Å². The van der Waals surface area contributed by atoms with Gasteiger partial charge in [0.05, 0.1) is 47.1 Å². The zero-order valence-electron chi connectivity index (χ0n) is 23.1. The van der Waals surface area contributed by atoms with Gasteiger partial charge < -0.3 is 23.7 Å². The molecule has 2 atom stereocenters. The molecule has 0 radical (unpaired) electrons. The highest BCUT2D eigenvalue weighted by molar-refractivity contribution is 7.52. The smallest absolute Gasteiger partial charge is 0.328 e. The number of hydrogen-bond donors (Lipinski definition) is 2. The van der Waals surface area contributed by atoms with E-state index in [1.54, 1.807) is 0 Å². The quantitative estimate of drug-likeness (QED) is 0.0753. The van der Waals surface area contributed by atoms with Gasteiger partial charge in [0.15, 0.2) is 0 Å². The zero-order chi connectivity index (χ0) is 25.5. The summed E-state index contributed by atoms with van der Waals surface area (Å²) in [7, 11) is 2.50. The van der Waals surface area contributed by atoms with Crippen LogP contribution in [0.1, 0.15) is 116 Å². The zero-order valence-corrected chi connectivity index (χ0v) is 24.0. The summed E-state index contributed by atoms with van der Waals surface area (Å²) in [6, 6.07) is 0. The van der Waals surface area contributed by atoms with Crippen molar-refractivity contribution in [2.24, 2.45) is 0 Å². The standard InChI is InChI=1S/C27H58NO5P/c1-5-6-7-8-9-10-11-12-13-14-15-16-17-18-19-20-23-32-25-27(29)26-33-34(30,31)24-21-22-28(2,3)4/h27,29H,5-26H2,1-4H3/p+1/t27-/m0/s1. The van der Waals surface area contributed by atoms with Crippen molar-refractivity contribution in [1.82, 2.24) is 0 Å². The van der Waals surface area contributed by atoms with Crippen molar-refractivity contribution in [2.45, 2.75) is 122 Å². The maximum Gasteiger partial charge on any atom is 0.328 e. The summed E-state index contributed by atoms with van der Waals surface area (Å²) < 4.78 is 23.3. The van der Waals surface area contributed by atoms with Gasteiger partial charge in [-0.1, -0.05) is 103 Å². The van der Waals surface area contributed by atoms with Gasteiger partial charge in [-0.25, -0.2) is 0 Å². The Labute approximate surface area is 211 Å². The fraction of sp³-hybridized carbons (Fsp3) is 1.00. The minimum absolute atomic E-state index is 0.120. The molecule has 0 aromatic heterocycles. The first kappa shape index (κ1) is 34.0. The largest absolute Gasteiger partial charge is 0.388 e. The Hall–Kier alpha value is 0.0300. The number of unbranched alkanes of at least 4 members (excludes halogenated alkanes) is 15. The number of ether oxygens (including phenoxy) is 1. The third-order valence-electron chi connectivity index (χ3n) is 6.19. The van der Waals surface area contributed by atoms with E-state index in [-0.39, 0.29) is 19.4 Å². The van der Waals surface area contributed by atoms with Crippen LogP contribution in [0.2, 0.25) is 0 Å². The maximum absolute atomic E-state index is 12.0. The molecule has 0 amide bonds. The minimum Gasteiger partial charge on any atom is -0.388 e. The van der Waals surface area contributed by atoms with Crippen LogP contribution in [-0.4, -0.2) is 74.3 Å². The third kappa shape index (κ3) is 26.6. The second-order valence-electron chi connectivity index (χ2n) is 11.1. The van der Waals surface area contributed by atoms with E-state index in [0.717, 1.165) is 23.9 Å². The summed E-state index contributed by atoms with van der Waals surface area (Å²) in [5, 5.41) is 9.92. The number of rotatable bonds is 26. The van der Waals surface area contributed by atoms with E-state index in [2.05, 4.69) is 6.92 Å². The van der Waals surface area contributed by atoms with E-state index < -0.39 is 13.7 Å². The van der Waals surface area contributed by atoms with Gasteiger partial charge in [-0.05, 0) is 6.42 Å². The van der Waals surface area contributed by atoms with Crippen molar-refractivity contribution >= 4 is 7.60 Å². The molecule has 0 aliphatic heterocycles. The fourth-order valence-electron chi connectivity index (χ4n) is 4.03. The van der Waals surface area contributed by atoms with Crippen molar-refractivity contribution in [3.05, 3.63) is 0 Å². The molecule has 7 heteroatoms. The Bertz CT molecular complexity index is 484. The van der Waals surface area contributed by atoms with Gasteiger partial charge in [-0.15, -0.1) is 0 Å². The molecule has 0 aliphatic rings. The molecule has 6 nitrogen and oxygen atoms in total. The van der Waals surface area contributed by atoms with Crippen LogP contribution in [0.25, 0.3) is 0 Å². The highest BCUT2D eigenvalue weighted by atomic mass is 31.2. The van der Waals surface area contributed by atoms with Crippen molar-refractivity contribution < 1.29 is 28.3 Å². The van der Waals surface area contributed by atoms with E-state index >= 15 is 0 Å². The van der Waals surface area contributed by atoms with E-state index in [1.165, 1.54) is 89.9 Å².